The minimum absolute atomic E-state index is 0.0786. The van der Waals surface area contributed by atoms with Gasteiger partial charge in [0.05, 0.1) is 25.0 Å². The number of aromatic nitrogens is 3. The fourth-order valence-corrected chi connectivity index (χ4v) is 2.76. The van der Waals surface area contributed by atoms with Crippen LogP contribution in [0.4, 0.5) is 0 Å². The summed E-state index contributed by atoms with van der Waals surface area (Å²) in [5, 5.41) is 8.37. The van der Waals surface area contributed by atoms with Crippen molar-refractivity contribution < 1.29 is 9.53 Å². The smallest absolute Gasteiger partial charge is 0.253 e. The molecule has 3 rings (SSSR count). The molecule has 6 nitrogen and oxygen atoms in total. The molecular formula is C16H20N4O2. The number of carbonyl (C=O) groups is 1. The Labute approximate surface area is 129 Å². The number of hydrogen-bond donors (Lipinski definition) is 0. The SMILES string of the molecule is CCOc1ccc(C(=O)N2CCC(n3nccn3)CC2)cc1. The lowest BCUT2D eigenvalue weighted by Gasteiger charge is -2.31. The van der Waals surface area contributed by atoms with E-state index < -0.39 is 0 Å². The third kappa shape index (κ3) is 3.10. The number of nitrogens with zero attached hydrogens (tertiary/aromatic N) is 4. The van der Waals surface area contributed by atoms with Gasteiger partial charge in [-0.15, -0.1) is 0 Å². The predicted molar refractivity (Wildman–Crippen MR) is 81.8 cm³/mol. The van der Waals surface area contributed by atoms with Crippen LogP contribution in [-0.2, 0) is 0 Å². The summed E-state index contributed by atoms with van der Waals surface area (Å²) < 4.78 is 5.40. The lowest BCUT2D eigenvalue weighted by Crippen LogP contribution is -2.39. The summed E-state index contributed by atoms with van der Waals surface area (Å²) in [5.41, 5.74) is 0.708. The first kappa shape index (κ1) is 14.6. The summed E-state index contributed by atoms with van der Waals surface area (Å²) >= 11 is 0. The average molecular weight is 300 g/mol. The van der Waals surface area contributed by atoms with E-state index in [9.17, 15) is 4.79 Å². The Balaban J connectivity index is 1.59. The van der Waals surface area contributed by atoms with Crippen LogP contribution in [-0.4, -0.2) is 45.5 Å². The molecule has 1 aromatic heterocycles. The molecule has 1 saturated heterocycles. The van der Waals surface area contributed by atoms with Gasteiger partial charge in [0.15, 0.2) is 0 Å². The second-order valence-electron chi connectivity index (χ2n) is 5.33. The van der Waals surface area contributed by atoms with Crippen LogP contribution in [0.5, 0.6) is 5.75 Å². The fourth-order valence-electron chi connectivity index (χ4n) is 2.76. The van der Waals surface area contributed by atoms with Gasteiger partial charge in [-0.2, -0.15) is 15.0 Å². The van der Waals surface area contributed by atoms with Crippen molar-refractivity contribution in [2.45, 2.75) is 25.8 Å². The monoisotopic (exact) mass is 300 g/mol. The van der Waals surface area contributed by atoms with Crippen molar-refractivity contribution in [2.75, 3.05) is 19.7 Å². The van der Waals surface area contributed by atoms with E-state index in [-0.39, 0.29) is 5.91 Å². The molecule has 22 heavy (non-hydrogen) atoms. The number of hydrogen-bond acceptors (Lipinski definition) is 4. The number of likely N-dealkylation sites (tertiary alicyclic amines) is 1. The number of carbonyl (C=O) groups excluding carboxylic acids is 1. The lowest BCUT2D eigenvalue weighted by atomic mass is 10.0. The topological polar surface area (TPSA) is 60.2 Å². The highest BCUT2D eigenvalue weighted by Crippen LogP contribution is 2.22. The Hall–Kier alpha value is -2.37. The van der Waals surface area contributed by atoms with Crippen molar-refractivity contribution in [1.82, 2.24) is 19.9 Å². The number of rotatable bonds is 4. The maximum atomic E-state index is 12.5. The predicted octanol–water partition coefficient (Wildman–Crippen LogP) is 2.15. The van der Waals surface area contributed by atoms with Crippen LogP contribution in [0, 0.1) is 0 Å². The van der Waals surface area contributed by atoms with E-state index in [0.717, 1.165) is 31.7 Å². The molecule has 0 unspecified atom stereocenters. The molecule has 1 aliphatic heterocycles. The van der Waals surface area contributed by atoms with Crippen molar-refractivity contribution >= 4 is 5.91 Å². The molecule has 0 atom stereocenters. The number of piperidine rings is 1. The zero-order valence-corrected chi connectivity index (χ0v) is 12.7. The summed E-state index contributed by atoms with van der Waals surface area (Å²) in [7, 11) is 0. The van der Waals surface area contributed by atoms with Crippen LogP contribution in [0.15, 0.2) is 36.7 Å². The molecule has 0 radical (unpaired) electrons. The molecule has 2 aromatic rings. The Morgan fingerprint density at radius 2 is 1.82 bits per heavy atom. The second-order valence-corrected chi connectivity index (χ2v) is 5.33. The number of ether oxygens (including phenoxy) is 1. The van der Waals surface area contributed by atoms with E-state index in [2.05, 4.69) is 10.2 Å². The van der Waals surface area contributed by atoms with Crippen LogP contribution >= 0.6 is 0 Å². The van der Waals surface area contributed by atoms with E-state index in [1.54, 1.807) is 17.2 Å². The Morgan fingerprint density at radius 1 is 1.18 bits per heavy atom. The van der Waals surface area contributed by atoms with Gasteiger partial charge in [0.2, 0.25) is 0 Å². The molecule has 6 heteroatoms. The molecule has 1 amide bonds. The van der Waals surface area contributed by atoms with Crippen LogP contribution in [0.3, 0.4) is 0 Å². The van der Waals surface area contributed by atoms with Crippen molar-refractivity contribution in [2.24, 2.45) is 0 Å². The van der Waals surface area contributed by atoms with E-state index in [1.807, 2.05) is 36.1 Å². The summed E-state index contributed by atoms with van der Waals surface area (Å²) in [4.78, 5) is 16.2. The minimum Gasteiger partial charge on any atom is -0.494 e. The molecule has 1 fully saturated rings. The molecule has 116 valence electrons. The standard InChI is InChI=1S/C16H20N4O2/c1-2-22-15-5-3-13(4-6-15)16(21)19-11-7-14(8-12-19)20-17-9-10-18-20/h3-6,9-10,14H,2,7-8,11-12H2,1H3. The lowest BCUT2D eigenvalue weighted by molar-refractivity contribution is 0.0684. The van der Waals surface area contributed by atoms with Crippen LogP contribution in [0.25, 0.3) is 0 Å². The Morgan fingerprint density at radius 3 is 2.41 bits per heavy atom. The van der Waals surface area contributed by atoms with Crippen molar-refractivity contribution in [3.05, 3.63) is 42.2 Å². The van der Waals surface area contributed by atoms with E-state index in [1.165, 1.54) is 0 Å². The highest BCUT2D eigenvalue weighted by atomic mass is 16.5. The molecule has 0 spiro atoms. The average Bonchev–Trinajstić information content (AvgIpc) is 3.10. The fraction of sp³-hybridized carbons (Fsp3) is 0.438. The Kier molecular flexibility index (Phi) is 4.37. The molecule has 0 N–H and O–H groups in total. The molecule has 0 bridgehead atoms. The third-order valence-corrected chi connectivity index (χ3v) is 3.93. The third-order valence-electron chi connectivity index (χ3n) is 3.93. The summed E-state index contributed by atoms with van der Waals surface area (Å²) in [6.07, 6.45) is 5.16. The quantitative estimate of drug-likeness (QED) is 0.868. The molecule has 0 aliphatic carbocycles. The number of benzene rings is 1. The highest BCUT2D eigenvalue weighted by molar-refractivity contribution is 5.94. The van der Waals surface area contributed by atoms with Gasteiger partial charge < -0.3 is 9.64 Å². The second kappa shape index (κ2) is 6.60. The van der Waals surface area contributed by atoms with Crippen molar-refractivity contribution in [3.63, 3.8) is 0 Å². The van der Waals surface area contributed by atoms with Crippen molar-refractivity contribution in [3.8, 4) is 5.75 Å². The van der Waals surface area contributed by atoms with Gasteiger partial charge in [0, 0.05) is 18.7 Å². The van der Waals surface area contributed by atoms with Crippen LogP contribution in [0.2, 0.25) is 0 Å². The summed E-state index contributed by atoms with van der Waals surface area (Å²) in [5.74, 6) is 0.873. The first-order chi connectivity index (χ1) is 10.8. The summed E-state index contributed by atoms with van der Waals surface area (Å²) in [6.45, 7) is 4.04. The molecule has 1 aromatic carbocycles. The zero-order chi connectivity index (χ0) is 15.4. The van der Waals surface area contributed by atoms with Gasteiger partial charge in [-0.1, -0.05) is 0 Å². The van der Waals surface area contributed by atoms with Gasteiger partial charge in [-0.25, -0.2) is 0 Å². The van der Waals surface area contributed by atoms with Crippen molar-refractivity contribution in [1.29, 1.82) is 0 Å². The van der Waals surface area contributed by atoms with Gasteiger partial charge in [0.1, 0.15) is 5.75 Å². The first-order valence-corrected chi connectivity index (χ1v) is 7.66. The maximum absolute atomic E-state index is 12.5. The van der Waals surface area contributed by atoms with E-state index >= 15 is 0 Å². The van der Waals surface area contributed by atoms with Gasteiger partial charge in [-0.3, -0.25) is 4.79 Å². The Bertz CT molecular complexity index is 602. The molecule has 1 aliphatic rings. The molecular weight excluding hydrogens is 280 g/mol. The molecule has 2 heterocycles. The molecule has 0 saturated carbocycles. The van der Waals surface area contributed by atoms with E-state index in [0.29, 0.717) is 18.2 Å². The summed E-state index contributed by atoms with van der Waals surface area (Å²) in [6, 6.07) is 7.64. The highest BCUT2D eigenvalue weighted by Gasteiger charge is 2.25. The van der Waals surface area contributed by atoms with Gasteiger partial charge >= 0.3 is 0 Å². The van der Waals surface area contributed by atoms with Gasteiger partial charge in [0.25, 0.3) is 5.91 Å². The largest absolute Gasteiger partial charge is 0.494 e. The van der Waals surface area contributed by atoms with Gasteiger partial charge in [-0.05, 0) is 44.0 Å². The minimum atomic E-state index is 0.0786. The van der Waals surface area contributed by atoms with Crippen LogP contribution in [0.1, 0.15) is 36.2 Å². The van der Waals surface area contributed by atoms with E-state index in [4.69, 9.17) is 4.74 Å². The normalized spacial score (nSPS) is 15.8. The maximum Gasteiger partial charge on any atom is 0.253 e. The number of amides is 1. The zero-order valence-electron chi connectivity index (χ0n) is 12.7. The van der Waals surface area contributed by atoms with Crippen LogP contribution < -0.4 is 4.74 Å². The first-order valence-electron chi connectivity index (χ1n) is 7.66.